The van der Waals surface area contributed by atoms with Crippen molar-refractivity contribution in [2.75, 3.05) is 47.5 Å². The van der Waals surface area contributed by atoms with Crippen LogP contribution in [0.4, 0.5) is 0 Å². The third-order valence-corrected chi connectivity index (χ3v) is 11.4. The van der Waals surface area contributed by atoms with Crippen LogP contribution in [0.5, 0.6) is 0 Å². The zero-order chi connectivity index (χ0) is 42.8. The van der Waals surface area contributed by atoms with Gasteiger partial charge in [-0.25, -0.2) is 0 Å². The van der Waals surface area contributed by atoms with Crippen molar-refractivity contribution >= 4 is 19.8 Å². The molecule has 342 valence electrons. The van der Waals surface area contributed by atoms with Crippen LogP contribution in [0.25, 0.3) is 0 Å². The van der Waals surface area contributed by atoms with E-state index in [1.165, 1.54) is 122 Å². The first-order valence-corrected chi connectivity index (χ1v) is 25.5. The van der Waals surface area contributed by atoms with E-state index in [0.29, 0.717) is 17.4 Å². The summed E-state index contributed by atoms with van der Waals surface area (Å²) in [6.07, 6.45) is 44.9. The average Bonchev–Trinajstić information content (AvgIpc) is 3.17. The number of rotatable bonds is 44. The second-order valence-electron chi connectivity index (χ2n) is 17.5. The molecular formula is C48H92NO8P. The monoisotopic (exact) mass is 842 g/mol. The van der Waals surface area contributed by atoms with Crippen LogP contribution in [0, 0.1) is 0 Å². The van der Waals surface area contributed by atoms with Crippen molar-refractivity contribution in [1.82, 2.24) is 0 Å². The fraction of sp³-hybridized carbons (Fsp3) is 0.875. The van der Waals surface area contributed by atoms with Crippen molar-refractivity contribution in [1.29, 1.82) is 0 Å². The quantitative estimate of drug-likeness (QED) is 0.0196. The fourth-order valence-electron chi connectivity index (χ4n) is 6.67. The Hall–Kier alpha value is -1.51. The summed E-state index contributed by atoms with van der Waals surface area (Å²) < 4.78 is 34.0. The number of esters is 2. The van der Waals surface area contributed by atoms with E-state index in [4.69, 9.17) is 18.5 Å². The number of unbranched alkanes of at least 4 members (excludes halogenated alkanes) is 26. The van der Waals surface area contributed by atoms with Gasteiger partial charge in [0.05, 0.1) is 27.7 Å². The van der Waals surface area contributed by atoms with Gasteiger partial charge in [0.25, 0.3) is 7.82 Å². The molecule has 2 unspecified atom stereocenters. The highest BCUT2D eigenvalue weighted by molar-refractivity contribution is 7.45. The Morgan fingerprint density at radius 1 is 0.534 bits per heavy atom. The minimum absolute atomic E-state index is 0.0318. The van der Waals surface area contributed by atoms with Crippen molar-refractivity contribution in [3.8, 4) is 0 Å². The molecule has 0 heterocycles. The lowest BCUT2D eigenvalue weighted by molar-refractivity contribution is -0.870. The molecule has 2 atom stereocenters. The van der Waals surface area contributed by atoms with Crippen LogP contribution in [0.1, 0.15) is 219 Å². The Balaban J connectivity index is 4.25. The predicted molar refractivity (Wildman–Crippen MR) is 241 cm³/mol. The largest absolute Gasteiger partial charge is 0.756 e. The van der Waals surface area contributed by atoms with Crippen molar-refractivity contribution in [2.45, 2.75) is 225 Å². The van der Waals surface area contributed by atoms with Gasteiger partial charge in [-0.2, -0.15) is 0 Å². The Kier molecular flexibility index (Phi) is 39.8. The van der Waals surface area contributed by atoms with E-state index in [-0.39, 0.29) is 32.0 Å². The molecule has 0 aliphatic rings. The zero-order valence-electron chi connectivity index (χ0n) is 38.5. The van der Waals surface area contributed by atoms with Crippen LogP contribution < -0.4 is 4.89 Å². The van der Waals surface area contributed by atoms with E-state index in [2.05, 4.69) is 38.2 Å². The Morgan fingerprint density at radius 2 is 0.948 bits per heavy atom. The minimum Gasteiger partial charge on any atom is -0.756 e. The van der Waals surface area contributed by atoms with Gasteiger partial charge in [0, 0.05) is 12.8 Å². The summed E-state index contributed by atoms with van der Waals surface area (Å²) in [6, 6.07) is 0. The summed E-state index contributed by atoms with van der Waals surface area (Å²) in [5.74, 6) is -0.841. The Morgan fingerprint density at radius 3 is 1.41 bits per heavy atom. The first-order valence-electron chi connectivity index (χ1n) is 24.0. The van der Waals surface area contributed by atoms with E-state index in [1.807, 2.05) is 21.1 Å². The molecule has 9 nitrogen and oxygen atoms in total. The van der Waals surface area contributed by atoms with Crippen molar-refractivity contribution < 1.29 is 42.1 Å². The summed E-state index contributed by atoms with van der Waals surface area (Å²) in [4.78, 5) is 37.6. The molecule has 0 rings (SSSR count). The average molecular weight is 842 g/mol. The molecule has 10 heteroatoms. The van der Waals surface area contributed by atoms with E-state index in [0.717, 1.165) is 64.2 Å². The molecule has 0 aromatic rings. The van der Waals surface area contributed by atoms with Crippen LogP contribution >= 0.6 is 7.82 Å². The molecule has 0 bridgehead atoms. The maximum absolute atomic E-state index is 12.7. The Bertz CT molecular complexity index is 1040. The summed E-state index contributed by atoms with van der Waals surface area (Å²) in [7, 11) is 1.16. The molecule has 0 spiro atoms. The van der Waals surface area contributed by atoms with Crippen LogP contribution in [0.15, 0.2) is 24.3 Å². The normalized spacial score (nSPS) is 13.7. The number of nitrogens with zero attached hydrogens (tertiary/aromatic N) is 1. The molecular weight excluding hydrogens is 750 g/mol. The van der Waals surface area contributed by atoms with Crippen LogP contribution in [-0.2, 0) is 32.7 Å². The molecule has 0 radical (unpaired) electrons. The molecule has 0 aliphatic carbocycles. The van der Waals surface area contributed by atoms with E-state index in [1.54, 1.807) is 0 Å². The number of phosphoric acid groups is 1. The number of likely N-dealkylation sites (N-methyl/N-ethyl adjacent to an activating group) is 1. The van der Waals surface area contributed by atoms with Crippen molar-refractivity contribution in [3.63, 3.8) is 0 Å². The number of hydrogen-bond donors (Lipinski definition) is 0. The van der Waals surface area contributed by atoms with Crippen LogP contribution in [0.2, 0.25) is 0 Å². The van der Waals surface area contributed by atoms with Gasteiger partial charge in [0.15, 0.2) is 6.10 Å². The van der Waals surface area contributed by atoms with Crippen LogP contribution in [0.3, 0.4) is 0 Å². The molecule has 0 aromatic heterocycles. The smallest absolute Gasteiger partial charge is 0.306 e. The van der Waals surface area contributed by atoms with Gasteiger partial charge < -0.3 is 27.9 Å². The topological polar surface area (TPSA) is 111 Å². The third kappa shape index (κ3) is 44.1. The first-order chi connectivity index (χ1) is 28.0. The predicted octanol–water partition coefficient (Wildman–Crippen LogP) is 13.3. The molecule has 0 aromatic carbocycles. The molecule has 0 fully saturated rings. The number of phosphoric ester groups is 1. The van der Waals surface area contributed by atoms with Gasteiger partial charge in [-0.15, -0.1) is 0 Å². The van der Waals surface area contributed by atoms with Gasteiger partial charge >= 0.3 is 11.9 Å². The molecule has 0 N–H and O–H groups in total. The maximum atomic E-state index is 12.7. The summed E-state index contributed by atoms with van der Waals surface area (Å²) in [5, 5.41) is 0. The number of hydrogen-bond acceptors (Lipinski definition) is 8. The van der Waals surface area contributed by atoms with Gasteiger partial charge in [-0.3, -0.25) is 14.2 Å². The lowest BCUT2D eigenvalue weighted by Gasteiger charge is -2.28. The highest BCUT2D eigenvalue weighted by atomic mass is 31.2. The summed E-state index contributed by atoms with van der Waals surface area (Å²) in [6.45, 7) is 4.20. The lowest BCUT2D eigenvalue weighted by Crippen LogP contribution is -2.37. The lowest BCUT2D eigenvalue weighted by atomic mass is 10.0. The first kappa shape index (κ1) is 56.5. The molecule has 0 saturated carbocycles. The third-order valence-electron chi connectivity index (χ3n) is 10.5. The number of quaternary nitrogens is 1. The molecule has 0 saturated heterocycles. The molecule has 0 amide bonds. The number of carbonyl (C=O) groups is 2. The number of carbonyl (C=O) groups excluding carboxylic acids is 2. The number of allylic oxidation sites excluding steroid dienone is 4. The summed E-state index contributed by atoms with van der Waals surface area (Å²) in [5.41, 5.74) is 0. The zero-order valence-corrected chi connectivity index (χ0v) is 39.4. The van der Waals surface area contributed by atoms with Gasteiger partial charge in [-0.1, -0.05) is 192 Å². The SMILES string of the molecule is CCCC/C=C\C/C=C\CCCCCCCC(=O)OC(COC(=O)CCCCCCCCCCCCCCCCCCCCCC)COP(=O)([O-])OCC[N+](C)(C)C. The second kappa shape index (κ2) is 40.9. The molecule has 58 heavy (non-hydrogen) atoms. The highest BCUT2D eigenvalue weighted by Crippen LogP contribution is 2.38. The molecule has 0 aliphatic heterocycles. The van der Waals surface area contributed by atoms with E-state index < -0.39 is 26.5 Å². The van der Waals surface area contributed by atoms with Gasteiger partial charge in [-0.05, 0) is 38.5 Å². The van der Waals surface area contributed by atoms with Gasteiger partial charge in [0.2, 0.25) is 0 Å². The standard InChI is InChI=1S/C48H92NO8P/c1-6-8-10-12-14-16-18-20-22-23-24-25-26-27-29-30-32-34-36-38-40-47(50)54-44-46(45-56-58(52,53)55-43-42-49(3,4)5)57-48(51)41-39-37-35-33-31-28-21-19-17-15-13-11-9-7-2/h13,15,19,21,46H,6-12,14,16-18,20,22-45H2,1-5H3/b15-13-,21-19-. The van der Waals surface area contributed by atoms with E-state index >= 15 is 0 Å². The minimum atomic E-state index is -4.63. The number of ether oxygens (including phenoxy) is 2. The van der Waals surface area contributed by atoms with Crippen molar-refractivity contribution in [3.05, 3.63) is 24.3 Å². The van der Waals surface area contributed by atoms with Crippen LogP contribution in [-0.4, -0.2) is 70.0 Å². The summed E-state index contributed by atoms with van der Waals surface area (Å²) >= 11 is 0. The fourth-order valence-corrected chi connectivity index (χ4v) is 7.40. The maximum Gasteiger partial charge on any atom is 0.306 e. The van der Waals surface area contributed by atoms with E-state index in [9.17, 15) is 19.0 Å². The second-order valence-corrected chi connectivity index (χ2v) is 18.9. The Labute approximate surface area is 358 Å². The van der Waals surface area contributed by atoms with Gasteiger partial charge in [0.1, 0.15) is 19.8 Å². The highest BCUT2D eigenvalue weighted by Gasteiger charge is 2.21. The van der Waals surface area contributed by atoms with Crippen molar-refractivity contribution in [2.24, 2.45) is 0 Å².